The molecule has 0 radical (unpaired) electrons. The van der Waals surface area contributed by atoms with Crippen molar-refractivity contribution in [3.8, 4) is 5.69 Å². The summed E-state index contributed by atoms with van der Waals surface area (Å²) in [4.78, 5) is 5.01. The summed E-state index contributed by atoms with van der Waals surface area (Å²) in [6.07, 6.45) is 0. The normalized spacial score (nSPS) is 12.2. The third kappa shape index (κ3) is 1.83. The molecule has 142 valence electrons. The molecule has 0 spiro atoms. The second kappa shape index (κ2) is 5.51. The van der Waals surface area contributed by atoms with Crippen LogP contribution in [0.5, 0.6) is 0 Å². The van der Waals surface area contributed by atoms with Crippen LogP contribution in [0.15, 0.2) is 91.0 Å². The fraction of sp³-hybridized carbons (Fsp3) is 0.0385. The first kappa shape index (κ1) is 15.8. The molecule has 7 aromatic rings. The van der Waals surface area contributed by atoms with Gasteiger partial charge >= 0.3 is 0 Å². The number of para-hydroxylation sites is 4. The Morgan fingerprint density at radius 1 is 0.633 bits per heavy atom. The van der Waals surface area contributed by atoms with E-state index in [0.717, 1.165) is 11.3 Å². The summed E-state index contributed by atoms with van der Waals surface area (Å²) >= 11 is 0. The van der Waals surface area contributed by atoms with E-state index in [1.807, 2.05) is 0 Å². The van der Waals surface area contributed by atoms with Crippen molar-refractivity contribution >= 4 is 49.7 Å². The largest absolute Gasteiger partial charge is 0.313 e. The number of fused-ring (bicyclic) bond motifs is 9. The predicted molar refractivity (Wildman–Crippen MR) is 124 cm³/mol. The fourth-order valence-electron chi connectivity index (χ4n) is 4.96. The number of rotatable bonds is 1. The number of benzene rings is 4. The van der Waals surface area contributed by atoms with Crippen LogP contribution in [-0.2, 0) is 7.05 Å². The maximum absolute atomic E-state index is 5.01. The summed E-state index contributed by atoms with van der Waals surface area (Å²) in [5.41, 5.74) is 8.14. The van der Waals surface area contributed by atoms with Gasteiger partial charge in [0.1, 0.15) is 0 Å². The Balaban J connectivity index is 1.80. The van der Waals surface area contributed by atoms with Gasteiger partial charge < -0.3 is 9.13 Å². The lowest BCUT2D eigenvalue weighted by atomic mass is 10.1. The van der Waals surface area contributed by atoms with Gasteiger partial charge in [0.05, 0.1) is 33.1 Å². The van der Waals surface area contributed by atoms with E-state index in [2.05, 4.69) is 112 Å². The van der Waals surface area contributed by atoms with Crippen molar-refractivity contribution in [1.82, 2.24) is 18.5 Å². The lowest BCUT2D eigenvalue weighted by Gasteiger charge is -2.07. The minimum absolute atomic E-state index is 0.968. The molecule has 0 aliphatic rings. The smallest absolute Gasteiger partial charge is 0.215 e. The van der Waals surface area contributed by atoms with E-state index in [1.165, 1.54) is 44.0 Å². The van der Waals surface area contributed by atoms with Gasteiger partial charge in [-0.2, -0.15) is 0 Å². The molecular formula is C26H18N4. The first-order valence-electron chi connectivity index (χ1n) is 10.2. The molecule has 0 amide bonds. The maximum atomic E-state index is 5.01. The first-order chi connectivity index (χ1) is 14.8. The standard InChI is InChI=1S/C26H18N4/c1-28-21-13-7-8-14-22(21)30-25-19(27-26(28)30)15-16-23-24(25)18-11-5-6-12-20(18)29(23)17-9-3-2-4-10-17/h2-16H,1H3. The Bertz CT molecular complexity index is 1750. The highest BCUT2D eigenvalue weighted by atomic mass is 15.2. The molecule has 30 heavy (non-hydrogen) atoms. The maximum Gasteiger partial charge on any atom is 0.215 e. The Hall–Kier alpha value is -4.05. The van der Waals surface area contributed by atoms with Crippen LogP contribution in [0.4, 0.5) is 0 Å². The molecule has 3 heterocycles. The predicted octanol–water partition coefficient (Wildman–Crippen LogP) is 6.08. The Labute approximate surface area is 172 Å². The van der Waals surface area contributed by atoms with E-state index < -0.39 is 0 Å². The summed E-state index contributed by atoms with van der Waals surface area (Å²) in [6, 6.07) is 32.1. The molecule has 0 aliphatic carbocycles. The molecule has 0 fully saturated rings. The van der Waals surface area contributed by atoms with Crippen LogP contribution >= 0.6 is 0 Å². The summed E-state index contributed by atoms with van der Waals surface area (Å²) in [5.74, 6) is 0.968. The van der Waals surface area contributed by atoms with Crippen LogP contribution in [0.2, 0.25) is 0 Å². The van der Waals surface area contributed by atoms with Gasteiger partial charge in [-0.15, -0.1) is 0 Å². The Kier molecular flexibility index (Phi) is 2.91. The molecule has 0 unspecified atom stereocenters. The quantitative estimate of drug-likeness (QED) is 0.336. The van der Waals surface area contributed by atoms with E-state index in [9.17, 15) is 0 Å². The van der Waals surface area contributed by atoms with Gasteiger partial charge in [-0.3, -0.25) is 4.40 Å². The molecule has 0 saturated heterocycles. The first-order valence-corrected chi connectivity index (χ1v) is 10.2. The van der Waals surface area contributed by atoms with Crippen LogP contribution < -0.4 is 0 Å². The van der Waals surface area contributed by atoms with Crippen molar-refractivity contribution in [2.75, 3.05) is 0 Å². The fourth-order valence-corrected chi connectivity index (χ4v) is 4.96. The molecule has 0 N–H and O–H groups in total. The summed E-state index contributed by atoms with van der Waals surface area (Å²) in [6.45, 7) is 0. The molecular weight excluding hydrogens is 368 g/mol. The van der Waals surface area contributed by atoms with E-state index >= 15 is 0 Å². The minimum atomic E-state index is 0.968. The third-order valence-corrected chi connectivity index (χ3v) is 6.23. The molecule has 0 bridgehead atoms. The zero-order valence-electron chi connectivity index (χ0n) is 16.4. The van der Waals surface area contributed by atoms with E-state index in [1.54, 1.807) is 0 Å². The number of hydrogen-bond acceptors (Lipinski definition) is 1. The van der Waals surface area contributed by atoms with Gasteiger partial charge in [0.15, 0.2) is 0 Å². The molecule has 0 aliphatic heterocycles. The molecule has 4 heteroatoms. The van der Waals surface area contributed by atoms with E-state index in [0.29, 0.717) is 0 Å². The van der Waals surface area contributed by atoms with Gasteiger partial charge in [0.25, 0.3) is 0 Å². The van der Waals surface area contributed by atoms with Crippen molar-refractivity contribution in [1.29, 1.82) is 0 Å². The van der Waals surface area contributed by atoms with Crippen LogP contribution in [0.3, 0.4) is 0 Å². The average molecular weight is 386 g/mol. The topological polar surface area (TPSA) is 27.2 Å². The summed E-state index contributed by atoms with van der Waals surface area (Å²) < 4.78 is 6.85. The van der Waals surface area contributed by atoms with E-state index in [-0.39, 0.29) is 0 Å². The number of nitrogens with zero attached hydrogens (tertiary/aromatic N) is 4. The highest BCUT2D eigenvalue weighted by molar-refractivity contribution is 6.21. The third-order valence-electron chi connectivity index (χ3n) is 6.23. The Morgan fingerprint density at radius 3 is 2.17 bits per heavy atom. The van der Waals surface area contributed by atoms with Crippen LogP contribution in [0, 0.1) is 0 Å². The average Bonchev–Trinajstić information content (AvgIpc) is 3.42. The highest BCUT2D eigenvalue weighted by Crippen LogP contribution is 2.38. The van der Waals surface area contributed by atoms with Gasteiger partial charge in [0.2, 0.25) is 5.78 Å². The SMILES string of the molecule is Cn1c2ccccc2n2c3c(ccc4c3c3ccccc3n4-c3ccccc3)nc12. The lowest BCUT2D eigenvalue weighted by molar-refractivity contribution is 0.974. The minimum Gasteiger partial charge on any atom is -0.313 e. The number of aromatic nitrogens is 4. The molecule has 4 aromatic carbocycles. The van der Waals surface area contributed by atoms with Gasteiger partial charge in [0, 0.05) is 23.5 Å². The number of imidazole rings is 2. The lowest BCUT2D eigenvalue weighted by Crippen LogP contribution is -1.92. The second-order valence-corrected chi connectivity index (χ2v) is 7.81. The monoisotopic (exact) mass is 386 g/mol. The number of aryl methyl sites for hydroxylation is 1. The van der Waals surface area contributed by atoms with Crippen molar-refractivity contribution in [2.24, 2.45) is 7.05 Å². The number of hydrogen-bond donors (Lipinski definition) is 0. The van der Waals surface area contributed by atoms with Gasteiger partial charge in [-0.25, -0.2) is 4.98 Å². The molecule has 3 aromatic heterocycles. The molecule has 4 nitrogen and oxygen atoms in total. The zero-order chi connectivity index (χ0) is 19.8. The van der Waals surface area contributed by atoms with Gasteiger partial charge in [-0.1, -0.05) is 48.5 Å². The van der Waals surface area contributed by atoms with Crippen molar-refractivity contribution in [3.05, 3.63) is 91.0 Å². The van der Waals surface area contributed by atoms with Crippen LogP contribution in [0.1, 0.15) is 0 Å². The van der Waals surface area contributed by atoms with Crippen molar-refractivity contribution in [3.63, 3.8) is 0 Å². The molecule has 7 rings (SSSR count). The van der Waals surface area contributed by atoms with E-state index in [4.69, 9.17) is 4.98 Å². The summed E-state index contributed by atoms with van der Waals surface area (Å²) in [7, 11) is 2.09. The van der Waals surface area contributed by atoms with Crippen LogP contribution in [-0.4, -0.2) is 18.5 Å². The summed E-state index contributed by atoms with van der Waals surface area (Å²) in [5, 5.41) is 2.49. The Morgan fingerprint density at radius 2 is 1.33 bits per heavy atom. The van der Waals surface area contributed by atoms with Gasteiger partial charge in [-0.05, 0) is 42.5 Å². The second-order valence-electron chi connectivity index (χ2n) is 7.81. The van der Waals surface area contributed by atoms with Crippen LogP contribution in [0.25, 0.3) is 55.3 Å². The highest BCUT2D eigenvalue weighted by Gasteiger charge is 2.20. The zero-order valence-corrected chi connectivity index (χ0v) is 16.4. The van der Waals surface area contributed by atoms with Crippen molar-refractivity contribution < 1.29 is 0 Å². The molecule has 0 saturated carbocycles. The van der Waals surface area contributed by atoms with Crippen molar-refractivity contribution in [2.45, 2.75) is 0 Å². The molecule has 0 atom stereocenters.